The van der Waals surface area contributed by atoms with Gasteiger partial charge in [0.15, 0.2) is 5.69 Å². The normalized spacial score (nSPS) is 16.6. The van der Waals surface area contributed by atoms with Crippen LogP contribution in [-0.2, 0) is 24.8 Å². The van der Waals surface area contributed by atoms with Crippen molar-refractivity contribution in [3.8, 4) is 0 Å². The molecular weight excluding hydrogens is 400 g/mol. The van der Waals surface area contributed by atoms with Crippen molar-refractivity contribution >= 4 is 11.6 Å². The van der Waals surface area contributed by atoms with E-state index in [4.69, 9.17) is 4.52 Å². The van der Waals surface area contributed by atoms with Crippen LogP contribution in [0.2, 0.25) is 0 Å². The van der Waals surface area contributed by atoms with Gasteiger partial charge in [0.2, 0.25) is 0 Å². The number of rotatable bonds is 4. The first-order valence-electron chi connectivity index (χ1n) is 11.4. The van der Waals surface area contributed by atoms with Gasteiger partial charge in [-0.05, 0) is 40.7 Å². The molecule has 2 aromatic heterocycles. The number of fused-ring (bicyclic) bond motifs is 1. The van der Waals surface area contributed by atoms with Crippen LogP contribution in [-0.4, -0.2) is 20.8 Å². The molecule has 4 rings (SSSR count). The first-order chi connectivity index (χ1) is 15.0. The Labute approximate surface area is 190 Å². The van der Waals surface area contributed by atoms with Crippen LogP contribution in [0, 0.1) is 11.3 Å². The van der Waals surface area contributed by atoms with Crippen LogP contribution in [0.4, 0.5) is 5.69 Å². The Morgan fingerprint density at radius 2 is 1.88 bits per heavy atom. The number of amides is 1. The van der Waals surface area contributed by atoms with Gasteiger partial charge < -0.3 is 9.84 Å². The molecule has 6 heteroatoms. The van der Waals surface area contributed by atoms with E-state index in [1.54, 1.807) is 6.20 Å². The van der Waals surface area contributed by atoms with Crippen molar-refractivity contribution in [1.29, 1.82) is 0 Å². The zero-order valence-electron chi connectivity index (χ0n) is 20.0. The van der Waals surface area contributed by atoms with Gasteiger partial charge in [-0.1, -0.05) is 71.0 Å². The summed E-state index contributed by atoms with van der Waals surface area (Å²) < 4.78 is 7.32. The third-order valence-electron chi connectivity index (χ3n) is 6.54. The maximum Gasteiger partial charge on any atom is 0.278 e. The predicted molar refractivity (Wildman–Crippen MR) is 126 cm³/mol. The first-order valence-corrected chi connectivity index (χ1v) is 11.4. The van der Waals surface area contributed by atoms with Crippen LogP contribution in [0.3, 0.4) is 0 Å². The zero-order valence-corrected chi connectivity index (χ0v) is 20.0. The number of carbonyl (C=O) groups excluding carboxylic acids is 1. The van der Waals surface area contributed by atoms with Gasteiger partial charge in [-0.3, -0.25) is 9.48 Å². The first kappa shape index (κ1) is 22.3. The lowest BCUT2D eigenvalue weighted by Gasteiger charge is -2.33. The molecule has 1 atom stereocenters. The standard InChI is InChI=1S/C26H34N4O2/c1-25(2,3)18-9-7-17(8-10-18)15-30-16-20(14-27-30)28-24(31)23-21-13-19(26(4,5)6)11-12-22(21)32-29-23/h7-10,14,16,19H,11-13,15H2,1-6H3,(H,28,31). The molecule has 1 aliphatic carbocycles. The zero-order chi connectivity index (χ0) is 23.1. The molecule has 6 nitrogen and oxygen atoms in total. The van der Waals surface area contributed by atoms with E-state index < -0.39 is 0 Å². The van der Waals surface area contributed by atoms with Crippen LogP contribution >= 0.6 is 0 Å². The van der Waals surface area contributed by atoms with Gasteiger partial charge in [-0.25, -0.2) is 0 Å². The molecule has 1 N–H and O–H groups in total. The molecule has 1 aliphatic rings. The van der Waals surface area contributed by atoms with Gasteiger partial charge in [-0.15, -0.1) is 0 Å². The highest BCUT2D eigenvalue weighted by atomic mass is 16.5. The molecule has 1 aromatic carbocycles. The van der Waals surface area contributed by atoms with E-state index in [0.717, 1.165) is 36.1 Å². The molecule has 0 saturated heterocycles. The van der Waals surface area contributed by atoms with Crippen LogP contribution in [0.15, 0.2) is 41.2 Å². The lowest BCUT2D eigenvalue weighted by atomic mass is 9.71. The molecule has 0 spiro atoms. The van der Waals surface area contributed by atoms with E-state index >= 15 is 0 Å². The second-order valence-corrected chi connectivity index (χ2v) is 11.1. The molecule has 0 aliphatic heterocycles. The quantitative estimate of drug-likeness (QED) is 0.578. The molecule has 0 bridgehead atoms. The summed E-state index contributed by atoms with van der Waals surface area (Å²) >= 11 is 0. The van der Waals surface area contributed by atoms with Gasteiger partial charge >= 0.3 is 0 Å². The minimum absolute atomic E-state index is 0.134. The summed E-state index contributed by atoms with van der Waals surface area (Å²) in [5.41, 5.74) is 4.81. The highest BCUT2D eigenvalue weighted by Crippen LogP contribution is 2.38. The largest absolute Gasteiger partial charge is 0.360 e. The highest BCUT2D eigenvalue weighted by molar-refractivity contribution is 6.03. The minimum atomic E-state index is -0.237. The maximum atomic E-state index is 12.9. The molecule has 170 valence electrons. The van der Waals surface area contributed by atoms with Crippen molar-refractivity contribution in [1.82, 2.24) is 14.9 Å². The van der Waals surface area contributed by atoms with Crippen LogP contribution in [0.1, 0.15) is 80.9 Å². The molecule has 0 radical (unpaired) electrons. The number of carbonyl (C=O) groups is 1. The lowest BCUT2D eigenvalue weighted by molar-refractivity contribution is 0.101. The fraction of sp³-hybridized carbons (Fsp3) is 0.500. The topological polar surface area (TPSA) is 73.0 Å². The Hall–Kier alpha value is -2.89. The van der Waals surface area contributed by atoms with Crippen LogP contribution < -0.4 is 5.32 Å². The number of nitrogens with zero attached hydrogens (tertiary/aromatic N) is 3. The summed E-state index contributed by atoms with van der Waals surface area (Å²) in [5.74, 6) is 1.12. The molecule has 0 saturated carbocycles. The van der Waals surface area contributed by atoms with Gasteiger partial charge in [0.25, 0.3) is 5.91 Å². The van der Waals surface area contributed by atoms with Gasteiger partial charge in [-0.2, -0.15) is 5.10 Å². The number of hydrogen-bond donors (Lipinski definition) is 1. The fourth-order valence-corrected chi connectivity index (χ4v) is 4.32. The van der Waals surface area contributed by atoms with E-state index in [-0.39, 0.29) is 16.7 Å². The van der Waals surface area contributed by atoms with E-state index in [0.29, 0.717) is 23.8 Å². The summed E-state index contributed by atoms with van der Waals surface area (Å²) in [7, 11) is 0. The summed E-state index contributed by atoms with van der Waals surface area (Å²) in [6, 6.07) is 8.60. The molecule has 2 heterocycles. The molecule has 32 heavy (non-hydrogen) atoms. The Kier molecular flexibility index (Phi) is 5.74. The SMILES string of the molecule is CC(C)(C)c1ccc(Cn2cc(NC(=O)c3noc4c3CC(C(C)(C)C)CC4)cn2)cc1. The molecular formula is C26H34N4O2. The van der Waals surface area contributed by atoms with Gasteiger partial charge in [0.05, 0.1) is 18.4 Å². The monoisotopic (exact) mass is 434 g/mol. The summed E-state index contributed by atoms with van der Waals surface area (Å²) in [4.78, 5) is 12.9. The van der Waals surface area contributed by atoms with Crippen molar-refractivity contribution in [2.75, 3.05) is 5.32 Å². The van der Waals surface area contributed by atoms with E-state index in [9.17, 15) is 4.79 Å². The fourth-order valence-electron chi connectivity index (χ4n) is 4.32. The molecule has 1 unspecified atom stereocenters. The Morgan fingerprint density at radius 3 is 2.53 bits per heavy atom. The Balaban J connectivity index is 1.42. The summed E-state index contributed by atoms with van der Waals surface area (Å²) in [5, 5.41) is 11.4. The van der Waals surface area contributed by atoms with Crippen molar-refractivity contribution in [2.24, 2.45) is 11.3 Å². The lowest BCUT2D eigenvalue weighted by Crippen LogP contribution is -2.27. The number of anilines is 1. The second kappa shape index (κ2) is 8.23. The second-order valence-electron chi connectivity index (χ2n) is 11.1. The number of aromatic nitrogens is 3. The van der Waals surface area contributed by atoms with E-state index in [2.05, 4.69) is 81.4 Å². The van der Waals surface area contributed by atoms with Crippen molar-refractivity contribution in [3.05, 3.63) is 64.8 Å². The summed E-state index contributed by atoms with van der Waals surface area (Å²) in [6.45, 7) is 14.0. The van der Waals surface area contributed by atoms with Crippen molar-refractivity contribution < 1.29 is 9.32 Å². The van der Waals surface area contributed by atoms with Crippen molar-refractivity contribution in [2.45, 2.75) is 72.8 Å². The minimum Gasteiger partial charge on any atom is -0.360 e. The summed E-state index contributed by atoms with van der Waals surface area (Å²) in [6.07, 6.45) is 6.25. The van der Waals surface area contributed by atoms with Gasteiger partial charge in [0.1, 0.15) is 5.76 Å². The Bertz CT molecular complexity index is 1090. The van der Waals surface area contributed by atoms with E-state index in [1.165, 1.54) is 5.56 Å². The smallest absolute Gasteiger partial charge is 0.278 e. The third-order valence-corrected chi connectivity index (χ3v) is 6.54. The molecule has 3 aromatic rings. The third kappa shape index (κ3) is 4.79. The number of hydrogen-bond acceptors (Lipinski definition) is 4. The predicted octanol–water partition coefficient (Wildman–Crippen LogP) is 5.62. The van der Waals surface area contributed by atoms with Gasteiger partial charge in [0, 0.05) is 18.2 Å². The molecule has 1 amide bonds. The Morgan fingerprint density at radius 1 is 1.16 bits per heavy atom. The van der Waals surface area contributed by atoms with Crippen molar-refractivity contribution in [3.63, 3.8) is 0 Å². The number of nitrogens with one attached hydrogen (secondary N) is 1. The average molecular weight is 435 g/mol. The number of aryl methyl sites for hydroxylation is 1. The maximum absolute atomic E-state index is 12.9. The number of benzene rings is 1. The van der Waals surface area contributed by atoms with Crippen LogP contribution in [0.25, 0.3) is 0 Å². The molecule has 0 fully saturated rings. The van der Waals surface area contributed by atoms with E-state index in [1.807, 2.05) is 10.9 Å². The highest BCUT2D eigenvalue weighted by Gasteiger charge is 2.34. The van der Waals surface area contributed by atoms with Crippen LogP contribution in [0.5, 0.6) is 0 Å². The average Bonchev–Trinajstić information content (AvgIpc) is 3.33.